The molecule has 0 bridgehead atoms. The maximum absolute atomic E-state index is 14.0. The molecule has 0 saturated heterocycles. The molecule has 4 rings (SSSR count). The number of aliphatic imine (C=N–C) groups is 1. The molecular weight excluding hydrogens is 498 g/mol. The van der Waals surface area contributed by atoms with Crippen molar-refractivity contribution in [3.8, 4) is 23.0 Å². The van der Waals surface area contributed by atoms with Crippen LogP contribution in [0.1, 0.15) is 63.0 Å². The maximum atomic E-state index is 14.0. The van der Waals surface area contributed by atoms with Gasteiger partial charge in [-0.2, -0.15) is 0 Å². The fraction of sp³-hybridized carbons (Fsp3) is 0.452. The number of allylic oxidation sites excluding steroid dienone is 2. The Morgan fingerprint density at radius 1 is 0.949 bits per heavy atom. The second-order valence-electron chi connectivity index (χ2n) is 9.98. The van der Waals surface area contributed by atoms with Crippen molar-refractivity contribution in [1.82, 2.24) is 0 Å². The van der Waals surface area contributed by atoms with Gasteiger partial charge < -0.3 is 23.7 Å². The molecule has 4 atom stereocenters. The Kier molecular flexibility index (Phi) is 8.63. The van der Waals surface area contributed by atoms with Crippen LogP contribution in [0.15, 0.2) is 52.7 Å². The molecule has 8 nitrogen and oxygen atoms in total. The standard InChI is InChI=1S/C31H37NO7/c1-8-17(2)39-31(34)28-18(3)32-23-13-20(19-9-11-26(37-6)27(15-19)38-7)14-24(33)30(23)29(28)22-16-21(35-4)10-12-25(22)36-5/h9-12,15-17,20,28-29H,8,13-14H2,1-7H3/t17-,20-,28?,29+/m1/s1. The summed E-state index contributed by atoms with van der Waals surface area (Å²) in [5.74, 6) is 0.486. The summed E-state index contributed by atoms with van der Waals surface area (Å²) >= 11 is 0. The number of hydrogen-bond donors (Lipinski definition) is 0. The van der Waals surface area contributed by atoms with Gasteiger partial charge in [-0.15, -0.1) is 0 Å². The fourth-order valence-corrected chi connectivity index (χ4v) is 5.48. The molecule has 0 fully saturated rings. The number of benzene rings is 2. The molecule has 1 aliphatic heterocycles. The normalized spacial score (nSPS) is 21.5. The van der Waals surface area contributed by atoms with E-state index >= 15 is 0 Å². The van der Waals surface area contributed by atoms with Crippen LogP contribution in [0, 0.1) is 5.92 Å². The second kappa shape index (κ2) is 11.9. The Morgan fingerprint density at radius 3 is 2.28 bits per heavy atom. The number of carbonyl (C=O) groups is 2. The molecule has 2 aromatic carbocycles. The number of esters is 1. The largest absolute Gasteiger partial charge is 0.497 e. The summed E-state index contributed by atoms with van der Waals surface area (Å²) in [5, 5.41) is 0. The first kappa shape index (κ1) is 28.2. The van der Waals surface area contributed by atoms with Gasteiger partial charge in [0.1, 0.15) is 17.4 Å². The number of methoxy groups -OCH3 is 4. The van der Waals surface area contributed by atoms with Gasteiger partial charge in [0.15, 0.2) is 17.3 Å². The van der Waals surface area contributed by atoms with Crippen LogP contribution in [0.5, 0.6) is 23.0 Å². The Hall–Kier alpha value is -3.81. The summed E-state index contributed by atoms with van der Waals surface area (Å²) in [6.07, 6.45) is 1.25. The van der Waals surface area contributed by atoms with Gasteiger partial charge in [0.2, 0.25) is 0 Å². The van der Waals surface area contributed by atoms with Gasteiger partial charge in [0.05, 0.1) is 34.5 Å². The van der Waals surface area contributed by atoms with Crippen molar-refractivity contribution >= 4 is 17.5 Å². The molecule has 2 aliphatic rings. The molecule has 1 heterocycles. The summed E-state index contributed by atoms with van der Waals surface area (Å²) in [4.78, 5) is 32.4. The Morgan fingerprint density at radius 2 is 1.64 bits per heavy atom. The molecule has 8 heteroatoms. The minimum Gasteiger partial charge on any atom is -0.497 e. The maximum Gasteiger partial charge on any atom is 0.315 e. The minimum atomic E-state index is -0.764. The van der Waals surface area contributed by atoms with Crippen molar-refractivity contribution in [2.24, 2.45) is 10.9 Å². The average molecular weight is 536 g/mol. The minimum absolute atomic E-state index is 0.0523. The zero-order chi connectivity index (χ0) is 28.3. The second-order valence-corrected chi connectivity index (χ2v) is 9.98. The zero-order valence-electron chi connectivity index (χ0n) is 23.7. The summed E-state index contributed by atoms with van der Waals surface area (Å²) < 4.78 is 27.9. The Labute approximate surface area is 230 Å². The van der Waals surface area contributed by atoms with E-state index in [1.54, 1.807) is 40.6 Å². The van der Waals surface area contributed by atoms with Gasteiger partial charge in [-0.05, 0) is 68.5 Å². The summed E-state index contributed by atoms with van der Waals surface area (Å²) in [6, 6.07) is 11.2. The van der Waals surface area contributed by atoms with E-state index in [0.717, 1.165) is 5.56 Å². The molecular formula is C31H37NO7. The van der Waals surface area contributed by atoms with Crippen molar-refractivity contribution in [3.05, 3.63) is 58.8 Å². The Balaban J connectivity index is 1.83. The first-order valence-electron chi connectivity index (χ1n) is 13.2. The lowest BCUT2D eigenvalue weighted by molar-refractivity contribution is -0.151. The third kappa shape index (κ3) is 5.51. The van der Waals surface area contributed by atoms with Crippen LogP contribution in [-0.2, 0) is 14.3 Å². The molecule has 0 spiro atoms. The van der Waals surface area contributed by atoms with Crippen LogP contribution in [-0.4, -0.2) is 52.0 Å². The smallest absolute Gasteiger partial charge is 0.315 e. The van der Waals surface area contributed by atoms with Crippen molar-refractivity contribution in [3.63, 3.8) is 0 Å². The molecule has 0 radical (unpaired) electrons. The SMILES string of the molecule is CC[C@@H](C)OC(=O)C1C(C)=NC2=C(C(=O)C[C@H](c3ccc(OC)c(OC)c3)C2)[C@H]1c1cc(OC)ccc1OC. The van der Waals surface area contributed by atoms with E-state index in [2.05, 4.69) is 0 Å². The van der Waals surface area contributed by atoms with Gasteiger partial charge in [-0.25, -0.2) is 0 Å². The molecule has 1 aliphatic carbocycles. The van der Waals surface area contributed by atoms with Crippen molar-refractivity contribution < 1.29 is 33.3 Å². The molecule has 39 heavy (non-hydrogen) atoms. The highest BCUT2D eigenvalue weighted by Crippen LogP contribution is 2.49. The number of ketones is 1. The molecule has 0 saturated carbocycles. The topological polar surface area (TPSA) is 92.7 Å². The molecule has 2 aromatic rings. The molecule has 0 N–H and O–H groups in total. The highest BCUT2D eigenvalue weighted by atomic mass is 16.5. The Bertz CT molecular complexity index is 1310. The van der Waals surface area contributed by atoms with Crippen molar-refractivity contribution in [2.75, 3.05) is 28.4 Å². The molecule has 0 aromatic heterocycles. The van der Waals surface area contributed by atoms with E-state index in [1.807, 2.05) is 45.0 Å². The van der Waals surface area contributed by atoms with Crippen LogP contribution in [0.3, 0.4) is 0 Å². The third-order valence-corrected chi connectivity index (χ3v) is 7.69. The van der Waals surface area contributed by atoms with Gasteiger partial charge >= 0.3 is 5.97 Å². The number of Topliss-reactive ketones (excluding diaryl/α,β-unsaturated/α-hetero) is 1. The third-order valence-electron chi connectivity index (χ3n) is 7.69. The lowest BCUT2D eigenvalue weighted by Gasteiger charge is -2.37. The number of nitrogens with zero attached hydrogens (tertiary/aromatic N) is 1. The number of rotatable bonds is 9. The number of carbonyl (C=O) groups excluding carboxylic acids is 2. The van der Waals surface area contributed by atoms with Crippen LogP contribution in [0.4, 0.5) is 0 Å². The van der Waals surface area contributed by atoms with Gasteiger partial charge in [0, 0.05) is 34.9 Å². The fourth-order valence-electron chi connectivity index (χ4n) is 5.48. The van der Waals surface area contributed by atoms with Gasteiger partial charge in [-0.3, -0.25) is 14.6 Å². The number of hydrogen-bond acceptors (Lipinski definition) is 8. The lowest BCUT2D eigenvalue weighted by atomic mass is 9.69. The van der Waals surface area contributed by atoms with Crippen LogP contribution >= 0.6 is 0 Å². The quantitative estimate of drug-likeness (QED) is 0.384. The van der Waals surface area contributed by atoms with E-state index in [4.69, 9.17) is 28.7 Å². The summed E-state index contributed by atoms with van der Waals surface area (Å²) in [5.41, 5.74) is 3.50. The van der Waals surface area contributed by atoms with Gasteiger partial charge in [0.25, 0.3) is 0 Å². The van der Waals surface area contributed by atoms with E-state index in [0.29, 0.717) is 58.4 Å². The highest BCUT2D eigenvalue weighted by molar-refractivity contribution is 6.09. The number of ether oxygens (including phenoxy) is 5. The first-order chi connectivity index (χ1) is 18.8. The predicted octanol–water partition coefficient (Wildman–Crippen LogP) is 5.64. The van der Waals surface area contributed by atoms with Gasteiger partial charge in [-0.1, -0.05) is 13.0 Å². The summed E-state index contributed by atoms with van der Waals surface area (Å²) in [7, 11) is 6.34. The molecule has 0 amide bonds. The van der Waals surface area contributed by atoms with E-state index in [9.17, 15) is 9.59 Å². The summed E-state index contributed by atoms with van der Waals surface area (Å²) in [6.45, 7) is 5.65. The first-order valence-corrected chi connectivity index (χ1v) is 13.2. The van der Waals surface area contributed by atoms with Crippen LogP contribution in [0.25, 0.3) is 0 Å². The van der Waals surface area contributed by atoms with E-state index in [1.165, 1.54) is 0 Å². The molecule has 1 unspecified atom stereocenters. The molecule has 208 valence electrons. The van der Waals surface area contributed by atoms with E-state index in [-0.39, 0.29) is 24.2 Å². The average Bonchev–Trinajstić information content (AvgIpc) is 2.95. The van der Waals surface area contributed by atoms with Crippen LogP contribution < -0.4 is 18.9 Å². The van der Waals surface area contributed by atoms with Crippen LogP contribution in [0.2, 0.25) is 0 Å². The van der Waals surface area contributed by atoms with Crippen molar-refractivity contribution in [1.29, 1.82) is 0 Å². The zero-order valence-corrected chi connectivity index (χ0v) is 23.7. The van der Waals surface area contributed by atoms with Crippen molar-refractivity contribution in [2.45, 2.75) is 58.0 Å². The monoisotopic (exact) mass is 535 g/mol. The van der Waals surface area contributed by atoms with E-state index < -0.39 is 17.8 Å². The lowest BCUT2D eigenvalue weighted by Crippen LogP contribution is -2.39. The predicted molar refractivity (Wildman–Crippen MR) is 148 cm³/mol. The highest BCUT2D eigenvalue weighted by Gasteiger charge is 2.46.